The van der Waals surface area contributed by atoms with Gasteiger partial charge in [0.2, 0.25) is 0 Å². The highest BCUT2D eigenvalue weighted by atomic mass is 15.0. The summed E-state index contributed by atoms with van der Waals surface area (Å²) in [6, 6.07) is 50.2. The summed E-state index contributed by atoms with van der Waals surface area (Å²) < 4.78 is 4.58. The molecule has 0 aliphatic heterocycles. The first kappa shape index (κ1) is 23.8. The highest BCUT2D eigenvalue weighted by Gasteiger charge is 2.22. The first-order chi connectivity index (χ1) is 20.8. The molecule has 2 heterocycles. The van der Waals surface area contributed by atoms with E-state index in [1.807, 2.05) is 30.3 Å². The Kier molecular flexibility index (Phi) is 5.22. The van der Waals surface area contributed by atoms with Crippen LogP contribution in [0.4, 0.5) is 0 Å². The minimum atomic E-state index is 0.368. The zero-order valence-electron chi connectivity index (χ0n) is 22.5. The largest absolute Gasteiger partial charge is 0.309 e. The lowest BCUT2D eigenvalue weighted by Crippen LogP contribution is -2.00. The lowest BCUT2D eigenvalue weighted by atomic mass is 9.94. The molecular formula is C38H22N4. The monoisotopic (exact) mass is 534 g/mol. The summed E-state index contributed by atoms with van der Waals surface area (Å²) in [6.07, 6.45) is 0. The van der Waals surface area contributed by atoms with Gasteiger partial charge in [0, 0.05) is 44.0 Å². The second kappa shape index (κ2) is 9.24. The number of fused-ring (bicyclic) bond motifs is 6. The van der Waals surface area contributed by atoms with E-state index in [4.69, 9.17) is 0 Å². The number of hydrogen-bond donors (Lipinski definition) is 0. The van der Waals surface area contributed by atoms with Crippen molar-refractivity contribution in [1.82, 2.24) is 9.13 Å². The average molecular weight is 535 g/mol. The second-order valence-electron chi connectivity index (χ2n) is 10.4. The van der Waals surface area contributed by atoms with Crippen LogP contribution in [0.25, 0.3) is 66.1 Å². The molecule has 2 aromatic heterocycles. The minimum Gasteiger partial charge on any atom is -0.309 e. The lowest BCUT2D eigenvalue weighted by Gasteiger charge is -2.16. The van der Waals surface area contributed by atoms with Crippen molar-refractivity contribution in [2.45, 2.75) is 0 Å². The molecule has 0 aliphatic rings. The summed E-state index contributed by atoms with van der Waals surface area (Å²) in [7, 11) is 0. The smallest absolute Gasteiger partial charge is 0.101 e. The molecule has 4 heteroatoms. The average Bonchev–Trinajstić information content (AvgIpc) is 3.57. The lowest BCUT2D eigenvalue weighted by molar-refractivity contribution is 1.17. The van der Waals surface area contributed by atoms with Crippen LogP contribution in [0, 0.1) is 22.7 Å². The summed E-state index contributed by atoms with van der Waals surface area (Å²) in [6.45, 7) is 0. The Labute approximate surface area is 242 Å². The van der Waals surface area contributed by atoms with Gasteiger partial charge in [-0.1, -0.05) is 84.9 Å². The quantitative estimate of drug-likeness (QED) is 0.227. The van der Waals surface area contributed by atoms with Crippen LogP contribution >= 0.6 is 0 Å². The molecule has 0 N–H and O–H groups in total. The van der Waals surface area contributed by atoms with Gasteiger partial charge >= 0.3 is 0 Å². The van der Waals surface area contributed by atoms with Gasteiger partial charge in [0.15, 0.2) is 0 Å². The van der Waals surface area contributed by atoms with Gasteiger partial charge in [0.1, 0.15) is 12.1 Å². The first-order valence-corrected chi connectivity index (χ1v) is 13.8. The molecule has 42 heavy (non-hydrogen) atoms. The Balaban J connectivity index is 1.61. The third-order valence-corrected chi connectivity index (χ3v) is 8.19. The van der Waals surface area contributed by atoms with E-state index in [9.17, 15) is 10.5 Å². The van der Waals surface area contributed by atoms with Crippen molar-refractivity contribution >= 4 is 43.6 Å². The van der Waals surface area contributed by atoms with Gasteiger partial charge in [-0.05, 0) is 48.5 Å². The van der Waals surface area contributed by atoms with E-state index >= 15 is 0 Å². The van der Waals surface area contributed by atoms with Crippen LogP contribution in [-0.4, -0.2) is 9.13 Å². The molecular weight excluding hydrogens is 512 g/mol. The van der Waals surface area contributed by atoms with Crippen LogP contribution in [0.5, 0.6) is 0 Å². The summed E-state index contributed by atoms with van der Waals surface area (Å²) in [5, 5.41) is 24.8. The zero-order valence-corrected chi connectivity index (χ0v) is 22.5. The zero-order chi connectivity index (χ0) is 28.2. The normalized spacial score (nSPS) is 11.3. The number of benzene rings is 6. The molecule has 0 unspecified atom stereocenters. The maximum atomic E-state index is 10.3. The number of nitriles is 2. The Morgan fingerprint density at radius 1 is 0.429 bits per heavy atom. The molecule has 6 aromatic carbocycles. The van der Waals surface area contributed by atoms with Gasteiger partial charge in [-0.25, -0.2) is 0 Å². The van der Waals surface area contributed by atoms with Gasteiger partial charge in [0.25, 0.3) is 0 Å². The molecule has 0 fully saturated rings. The van der Waals surface area contributed by atoms with Crippen LogP contribution in [0.15, 0.2) is 133 Å². The number of rotatable bonds is 3. The van der Waals surface area contributed by atoms with Gasteiger partial charge < -0.3 is 9.13 Å². The van der Waals surface area contributed by atoms with Crippen LogP contribution in [0.2, 0.25) is 0 Å². The Morgan fingerprint density at radius 2 is 1.00 bits per heavy atom. The molecule has 0 spiro atoms. The van der Waals surface area contributed by atoms with Crippen molar-refractivity contribution in [3.05, 3.63) is 145 Å². The molecule has 0 amide bonds. The molecule has 0 bridgehead atoms. The van der Waals surface area contributed by atoms with Crippen molar-refractivity contribution in [1.29, 1.82) is 10.5 Å². The van der Waals surface area contributed by atoms with E-state index in [1.165, 1.54) is 10.8 Å². The van der Waals surface area contributed by atoms with Crippen molar-refractivity contribution in [2.75, 3.05) is 0 Å². The second-order valence-corrected chi connectivity index (χ2v) is 10.4. The van der Waals surface area contributed by atoms with E-state index < -0.39 is 0 Å². The molecule has 8 aromatic rings. The Morgan fingerprint density at radius 3 is 1.62 bits per heavy atom. The summed E-state index contributed by atoms with van der Waals surface area (Å²) in [5.74, 6) is 0. The molecule has 0 radical (unpaired) electrons. The highest BCUT2D eigenvalue weighted by molar-refractivity contribution is 6.16. The predicted octanol–water partition coefficient (Wildman–Crippen LogP) is 9.29. The van der Waals surface area contributed by atoms with E-state index in [1.54, 1.807) is 6.07 Å². The summed E-state index contributed by atoms with van der Waals surface area (Å²) in [4.78, 5) is 0. The fourth-order valence-corrected chi connectivity index (χ4v) is 6.45. The van der Waals surface area contributed by atoms with Crippen LogP contribution in [0.1, 0.15) is 11.1 Å². The van der Waals surface area contributed by atoms with Gasteiger partial charge in [-0.3, -0.25) is 0 Å². The molecule has 0 atom stereocenters. The van der Waals surface area contributed by atoms with E-state index in [0.717, 1.165) is 55.3 Å². The summed E-state index contributed by atoms with van der Waals surface area (Å²) in [5.41, 5.74) is 8.72. The number of hydrogen-bond acceptors (Lipinski definition) is 2. The van der Waals surface area contributed by atoms with Gasteiger partial charge in [-0.15, -0.1) is 0 Å². The minimum absolute atomic E-state index is 0.368. The van der Waals surface area contributed by atoms with Crippen LogP contribution in [-0.2, 0) is 0 Å². The topological polar surface area (TPSA) is 57.4 Å². The van der Waals surface area contributed by atoms with Crippen LogP contribution in [0.3, 0.4) is 0 Å². The van der Waals surface area contributed by atoms with E-state index in [-0.39, 0.29) is 0 Å². The third kappa shape index (κ3) is 3.33. The first-order valence-electron chi connectivity index (χ1n) is 13.8. The SMILES string of the molecule is N#Cc1cccc(-c2cc(-n3c4ccccc4c4ccccc43)cc3c4ccccc4n(-c4ccccc4)c23)c1C#N. The van der Waals surface area contributed by atoms with E-state index in [2.05, 4.69) is 118 Å². The summed E-state index contributed by atoms with van der Waals surface area (Å²) >= 11 is 0. The molecule has 4 nitrogen and oxygen atoms in total. The number of aromatic nitrogens is 2. The van der Waals surface area contributed by atoms with Crippen molar-refractivity contribution in [2.24, 2.45) is 0 Å². The van der Waals surface area contributed by atoms with Crippen molar-refractivity contribution < 1.29 is 0 Å². The standard InChI is InChI=1S/C38H22N4/c39-23-25-11-10-17-28(34(25)24-40)32-21-27(41-35-18-7-4-14-29(35)30-15-5-8-19-36(30)41)22-33-31-16-6-9-20-37(31)42(38(32)33)26-12-2-1-3-13-26/h1-22H. The maximum absolute atomic E-state index is 10.3. The van der Waals surface area contributed by atoms with E-state index in [0.29, 0.717) is 11.1 Å². The molecule has 0 saturated heterocycles. The number of nitrogens with zero attached hydrogens (tertiary/aromatic N) is 4. The van der Waals surface area contributed by atoms with Crippen LogP contribution < -0.4 is 0 Å². The third-order valence-electron chi connectivity index (χ3n) is 8.19. The maximum Gasteiger partial charge on any atom is 0.101 e. The van der Waals surface area contributed by atoms with Crippen molar-refractivity contribution in [3.8, 4) is 34.6 Å². The van der Waals surface area contributed by atoms with Crippen molar-refractivity contribution in [3.63, 3.8) is 0 Å². The predicted molar refractivity (Wildman–Crippen MR) is 170 cm³/mol. The molecule has 194 valence electrons. The fraction of sp³-hybridized carbons (Fsp3) is 0. The number of para-hydroxylation sites is 4. The van der Waals surface area contributed by atoms with Gasteiger partial charge in [-0.2, -0.15) is 10.5 Å². The highest BCUT2D eigenvalue weighted by Crippen LogP contribution is 2.42. The van der Waals surface area contributed by atoms with Gasteiger partial charge in [0.05, 0.1) is 33.2 Å². The fourth-order valence-electron chi connectivity index (χ4n) is 6.45. The molecule has 8 rings (SSSR count). The Bertz CT molecular complexity index is 2380. The Hall–Kier alpha value is -6.10. The molecule has 0 saturated carbocycles. The molecule has 0 aliphatic carbocycles.